The summed E-state index contributed by atoms with van der Waals surface area (Å²) in [6.45, 7) is 0. The van der Waals surface area contributed by atoms with Gasteiger partial charge in [-0.15, -0.1) is 0 Å². The van der Waals surface area contributed by atoms with E-state index in [1.54, 1.807) is 36.4 Å². The largest absolute Gasteiger partial charge is 0.461 e. The molecule has 0 N–H and O–H groups in total. The van der Waals surface area contributed by atoms with Gasteiger partial charge in [-0.05, 0) is 72.5 Å². The first kappa shape index (κ1) is 21.6. The number of carbonyl (C=O) groups excluding carboxylic acids is 1. The average Bonchev–Trinajstić information content (AvgIpc) is 3.27. The molecule has 0 atom stereocenters. The Labute approximate surface area is 202 Å². The summed E-state index contributed by atoms with van der Waals surface area (Å²) in [5.41, 5.74) is 2.33. The Morgan fingerprint density at radius 3 is 2.46 bits per heavy atom. The van der Waals surface area contributed by atoms with E-state index in [4.69, 9.17) is 4.42 Å². The summed E-state index contributed by atoms with van der Waals surface area (Å²) in [6.07, 6.45) is 6.83. The minimum absolute atomic E-state index is 0.0490. The van der Waals surface area contributed by atoms with Gasteiger partial charge in [-0.2, -0.15) is 4.31 Å². The molecule has 0 radical (unpaired) electrons. The Kier molecular flexibility index (Phi) is 5.15. The molecule has 174 valence electrons. The number of pyridine rings is 1. The quantitative estimate of drug-likeness (QED) is 0.319. The van der Waals surface area contributed by atoms with Gasteiger partial charge in [0.25, 0.3) is 15.9 Å². The van der Waals surface area contributed by atoms with E-state index in [0.29, 0.717) is 5.58 Å². The van der Waals surface area contributed by atoms with Crippen LogP contribution in [0.3, 0.4) is 0 Å². The number of hydrogen-bond acceptors (Lipinski definition) is 5. The van der Waals surface area contributed by atoms with Crippen molar-refractivity contribution in [2.75, 3.05) is 4.31 Å². The molecule has 0 saturated heterocycles. The highest BCUT2D eigenvalue weighted by atomic mass is 32.2. The lowest BCUT2D eigenvalue weighted by molar-refractivity contribution is 0.100. The number of anilines is 1. The number of rotatable bonds is 4. The molecule has 6 rings (SSSR count). The van der Waals surface area contributed by atoms with Crippen molar-refractivity contribution in [1.29, 1.82) is 0 Å². The highest BCUT2D eigenvalue weighted by Crippen LogP contribution is 2.36. The number of fused-ring (bicyclic) bond motifs is 4. The third kappa shape index (κ3) is 3.68. The van der Waals surface area contributed by atoms with Gasteiger partial charge in [-0.1, -0.05) is 30.3 Å². The first-order valence-electron chi connectivity index (χ1n) is 11.6. The van der Waals surface area contributed by atoms with Crippen LogP contribution in [0, 0.1) is 0 Å². The Balaban J connectivity index is 1.54. The third-order valence-electron chi connectivity index (χ3n) is 6.54. The number of sulfonamides is 1. The van der Waals surface area contributed by atoms with Crippen LogP contribution in [-0.4, -0.2) is 19.3 Å². The van der Waals surface area contributed by atoms with Crippen molar-refractivity contribution >= 4 is 43.4 Å². The van der Waals surface area contributed by atoms with Crippen LogP contribution >= 0.6 is 0 Å². The van der Waals surface area contributed by atoms with Crippen molar-refractivity contribution in [3.8, 4) is 0 Å². The van der Waals surface area contributed by atoms with Crippen molar-refractivity contribution in [3.05, 3.63) is 102 Å². The van der Waals surface area contributed by atoms with Gasteiger partial charge >= 0.3 is 0 Å². The highest BCUT2D eigenvalue weighted by Gasteiger charge is 2.33. The van der Waals surface area contributed by atoms with E-state index in [1.807, 2.05) is 24.3 Å². The summed E-state index contributed by atoms with van der Waals surface area (Å²) < 4.78 is 35.0. The number of amides is 1. The zero-order chi connectivity index (χ0) is 24.0. The van der Waals surface area contributed by atoms with Gasteiger partial charge in [0.1, 0.15) is 11.3 Å². The van der Waals surface area contributed by atoms with Crippen LogP contribution < -0.4 is 4.31 Å². The molecule has 35 heavy (non-hydrogen) atoms. The number of carbonyl (C=O) groups is 1. The maximum absolute atomic E-state index is 14.0. The van der Waals surface area contributed by atoms with Crippen LogP contribution in [0.5, 0.6) is 0 Å². The second-order valence-electron chi connectivity index (χ2n) is 8.71. The van der Waals surface area contributed by atoms with E-state index in [-0.39, 0.29) is 16.1 Å². The van der Waals surface area contributed by atoms with Crippen molar-refractivity contribution in [2.45, 2.75) is 30.6 Å². The van der Waals surface area contributed by atoms with Crippen molar-refractivity contribution in [2.24, 2.45) is 0 Å². The Morgan fingerprint density at radius 2 is 1.63 bits per heavy atom. The molecule has 6 nitrogen and oxygen atoms in total. The van der Waals surface area contributed by atoms with Crippen LogP contribution in [0.15, 0.2) is 94.5 Å². The number of aromatic nitrogens is 1. The van der Waals surface area contributed by atoms with E-state index in [2.05, 4.69) is 4.98 Å². The predicted molar refractivity (Wildman–Crippen MR) is 135 cm³/mol. The minimum atomic E-state index is -4.23. The maximum atomic E-state index is 14.0. The normalized spacial score (nSPS) is 13.6. The van der Waals surface area contributed by atoms with Crippen molar-refractivity contribution in [1.82, 2.24) is 4.98 Å². The van der Waals surface area contributed by atoms with Gasteiger partial charge in [0.15, 0.2) is 0 Å². The molecule has 2 heterocycles. The monoisotopic (exact) mass is 482 g/mol. The summed E-state index contributed by atoms with van der Waals surface area (Å²) in [4.78, 5) is 17.7. The molecular weight excluding hydrogens is 460 g/mol. The summed E-state index contributed by atoms with van der Waals surface area (Å²) >= 11 is 0. The van der Waals surface area contributed by atoms with Crippen LogP contribution in [0.1, 0.15) is 34.5 Å². The van der Waals surface area contributed by atoms with Gasteiger partial charge < -0.3 is 4.42 Å². The van der Waals surface area contributed by atoms with Gasteiger partial charge in [0.05, 0.1) is 10.6 Å². The number of hydrogen-bond donors (Lipinski definition) is 0. The Bertz CT molecular complexity index is 1690. The molecule has 1 aliphatic carbocycles. The number of nitrogens with zero attached hydrogens (tertiary/aromatic N) is 2. The molecule has 0 fully saturated rings. The van der Waals surface area contributed by atoms with Crippen molar-refractivity contribution < 1.29 is 17.6 Å². The fraction of sp³-hybridized carbons (Fsp3) is 0.143. The maximum Gasteiger partial charge on any atom is 0.272 e. The molecule has 0 bridgehead atoms. The fourth-order valence-corrected chi connectivity index (χ4v) is 6.23. The van der Waals surface area contributed by atoms with Gasteiger partial charge in [0.2, 0.25) is 0 Å². The van der Waals surface area contributed by atoms with Crippen LogP contribution in [0.25, 0.3) is 21.7 Å². The first-order valence-corrected chi connectivity index (χ1v) is 13.0. The Hall–Kier alpha value is -3.97. The van der Waals surface area contributed by atoms with Crippen molar-refractivity contribution in [3.63, 3.8) is 0 Å². The average molecular weight is 483 g/mol. The summed E-state index contributed by atoms with van der Waals surface area (Å²) in [7, 11) is -4.23. The lowest BCUT2D eigenvalue weighted by Gasteiger charge is -2.23. The molecule has 5 aromatic rings. The van der Waals surface area contributed by atoms with E-state index in [0.717, 1.165) is 57.5 Å². The van der Waals surface area contributed by atoms with Crippen LogP contribution in [-0.2, 0) is 22.9 Å². The smallest absolute Gasteiger partial charge is 0.272 e. The SMILES string of the molecule is O=C(c1ccncc1)N(c1ccc2oc3c(c2c1)CCCC3)S(=O)(=O)c1ccc2ccccc2c1. The fourth-order valence-electron chi connectivity index (χ4n) is 4.79. The molecule has 0 saturated carbocycles. The van der Waals surface area contributed by atoms with E-state index in [1.165, 1.54) is 24.5 Å². The molecular formula is C28H22N2O4S. The molecule has 1 aliphatic rings. The van der Waals surface area contributed by atoms with Gasteiger partial charge in [-0.25, -0.2) is 8.42 Å². The molecule has 0 unspecified atom stereocenters. The second kappa shape index (κ2) is 8.36. The first-order chi connectivity index (χ1) is 17.0. The molecule has 2 aromatic heterocycles. The predicted octanol–water partition coefficient (Wildman–Crippen LogP) is 5.90. The highest BCUT2D eigenvalue weighted by molar-refractivity contribution is 7.93. The van der Waals surface area contributed by atoms with E-state index in [9.17, 15) is 13.2 Å². The molecule has 0 aliphatic heterocycles. The lowest BCUT2D eigenvalue weighted by atomic mass is 9.96. The topological polar surface area (TPSA) is 80.5 Å². The van der Waals surface area contributed by atoms with Crippen LogP contribution in [0.2, 0.25) is 0 Å². The Morgan fingerprint density at radius 1 is 0.857 bits per heavy atom. The van der Waals surface area contributed by atoms with E-state index < -0.39 is 15.9 Å². The lowest BCUT2D eigenvalue weighted by Crippen LogP contribution is -2.37. The van der Waals surface area contributed by atoms with E-state index >= 15 is 0 Å². The molecule has 1 amide bonds. The standard InChI is InChI=1S/C28H22N2O4S/c31-28(20-13-15-29-16-14-20)30(35(32,33)23-11-9-19-5-1-2-6-21(19)17-23)22-10-12-27-25(18-22)24-7-3-4-8-26(24)34-27/h1-2,5-6,9-18H,3-4,7-8H2. The zero-order valence-corrected chi connectivity index (χ0v) is 19.7. The molecule has 0 spiro atoms. The molecule has 7 heteroatoms. The minimum Gasteiger partial charge on any atom is -0.461 e. The number of benzene rings is 3. The van der Waals surface area contributed by atoms with Gasteiger partial charge in [0, 0.05) is 35.3 Å². The number of furan rings is 1. The third-order valence-corrected chi connectivity index (χ3v) is 8.25. The zero-order valence-electron chi connectivity index (χ0n) is 18.8. The summed E-state index contributed by atoms with van der Waals surface area (Å²) in [5.74, 6) is 0.310. The van der Waals surface area contributed by atoms with Crippen LogP contribution in [0.4, 0.5) is 5.69 Å². The molecule has 3 aromatic carbocycles. The summed E-state index contributed by atoms with van der Waals surface area (Å²) in [5, 5.41) is 2.56. The summed E-state index contributed by atoms with van der Waals surface area (Å²) in [6, 6.07) is 20.6. The van der Waals surface area contributed by atoms with Gasteiger partial charge in [-0.3, -0.25) is 9.78 Å². The second-order valence-corrected chi connectivity index (χ2v) is 10.5. The number of aryl methyl sites for hydroxylation is 2.